The molecule has 1 aromatic carbocycles. The van der Waals surface area contributed by atoms with Crippen LogP contribution in [-0.2, 0) is 7.05 Å². The molecule has 0 aliphatic carbocycles. The van der Waals surface area contributed by atoms with E-state index in [1.165, 1.54) is 24.5 Å². The van der Waals surface area contributed by atoms with Gasteiger partial charge in [-0.15, -0.1) is 0 Å². The van der Waals surface area contributed by atoms with Crippen molar-refractivity contribution >= 4 is 27.0 Å². The number of rotatable bonds is 2. The van der Waals surface area contributed by atoms with Crippen LogP contribution in [0.5, 0.6) is 11.6 Å². The highest BCUT2D eigenvalue weighted by molar-refractivity contribution is 9.10. The summed E-state index contributed by atoms with van der Waals surface area (Å²) in [7, 11) is 1.78. The van der Waals surface area contributed by atoms with Crippen molar-refractivity contribution in [3.8, 4) is 11.6 Å². The average molecular weight is 323 g/mol. The molecule has 0 aliphatic heterocycles. The Labute approximate surface area is 116 Å². The third kappa shape index (κ3) is 2.17. The van der Waals surface area contributed by atoms with E-state index in [1.54, 1.807) is 17.9 Å². The van der Waals surface area contributed by atoms with Gasteiger partial charge in [0.1, 0.15) is 23.3 Å². The van der Waals surface area contributed by atoms with Crippen LogP contribution in [0.25, 0.3) is 11.0 Å². The van der Waals surface area contributed by atoms with Crippen molar-refractivity contribution < 1.29 is 9.13 Å². The lowest BCUT2D eigenvalue weighted by Crippen LogP contribution is -1.94. The minimum absolute atomic E-state index is 0.339. The van der Waals surface area contributed by atoms with E-state index in [2.05, 4.69) is 31.0 Å². The fourth-order valence-corrected chi connectivity index (χ4v) is 2.12. The maximum Gasteiger partial charge on any atom is 0.233 e. The molecule has 0 atom stereocenters. The third-order valence-electron chi connectivity index (χ3n) is 2.59. The van der Waals surface area contributed by atoms with Gasteiger partial charge in [0.05, 0.1) is 10.7 Å². The minimum atomic E-state index is -0.339. The smallest absolute Gasteiger partial charge is 0.233 e. The lowest BCUT2D eigenvalue weighted by atomic mass is 10.3. The molecule has 0 fully saturated rings. The lowest BCUT2D eigenvalue weighted by Gasteiger charge is -2.07. The first-order valence-electron chi connectivity index (χ1n) is 5.41. The first kappa shape index (κ1) is 12.0. The molecule has 7 heteroatoms. The van der Waals surface area contributed by atoms with Gasteiger partial charge in [-0.1, -0.05) is 0 Å². The zero-order valence-electron chi connectivity index (χ0n) is 9.84. The maximum atomic E-state index is 13.0. The fraction of sp³-hybridized carbons (Fsp3) is 0.0833. The predicted molar refractivity (Wildman–Crippen MR) is 70.5 cm³/mol. The van der Waals surface area contributed by atoms with Crippen molar-refractivity contribution in [3.63, 3.8) is 0 Å². The van der Waals surface area contributed by atoms with Gasteiger partial charge in [0, 0.05) is 7.05 Å². The highest BCUT2D eigenvalue weighted by atomic mass is 79.9. The van der Waals surface area contributed by atoms with Crippen molar-refractivity contribution in [2.75, 3.05) is 0 Å². The van der Waals surface area contributed by atoms with Crippen LogP contribution in [0.4, 0.5) is 4.39 Å². The molecule has 0 aliphatic rings. The van der Waals surface area contributed by atoms with Gasteiger partial charge in [-0.2, -0.15) is 5.10 Å². The zero-order chi connectivity index (χ0) is 13.4. The van der Waals surface area contributed by atoms with E-state index in [0.29, 0.717) is 27.1 Å². The molecular weight excluding hydrogens is 315 g/mol. The Morgan fingerprint density at radius 3 is 2.95 bits per heavy atom. The fourth-order valence-electron chi connectivity index (χ4n) is 1.68. The van der Waals surface area contributed by atoms with Gasteiger partial charge in [-0.05, 0) is 34.1 Å². The standard InChI is InChI=1S/C12H8BrFN4O/c1-18-11-8(5-17-18)12(16-6-15-11)19-10-3-2-7(14)4-9(10)13/h2-6H,1H3. The number of hydrogen-bond donors (Lipinski definition) is 0. The number of ether oxygens (including phenoxy) is 1. The molecule has 0 radical (unpaired) electrons. The monoisotopic (exact) mass is 322 g/mol. The minimum Gasteiger partial charge on any atom is -0.437 e. The van der Waals surface area contributed by atoms with E-state index in [-0.39, 0.29) is 5.82 Å². The second-order valence-corrected chi connectivity index (χ2v) is 4.72. The number of benzene rings is 1. The topological polar surface area (TPSA) is 52.8 Å². The Kier molecular flexibility index (Phi) is 2.90. The van der Waals surface area contributed by atoms with Gasteiger partial charge >= 0.3 is 0 Å². The second kappa shape index (κ2) is 4.58. The largest absolute Gasteiger partial charge is 0.437 e. The van der Waals surface area contributed by atoms with Crippen molar-refractivity contribution in [2.45, 2.75) is 0 Å². The molecule has 0 unspecified atom stereocenters. The molecule has 3 aromatic rings. The number of hydrogen-bond acceptors (Lipinski definition) is 4. The van der Waals surface area contributed by atoms with E-state index in [9.17, 15) is 4.39 Å². The molecule has 0 saturated carbocycles. The average Bonchev–Trinajstić information content (AvgIpc) is 2.76. The maximum absolute atomic E-state index is 13.0. The van der Waals surface area contributed by atoms with E-state index in [1.807, 2.05) is 0 Å². The molecule has 2 aromatic heterocycles. The lowest BCUT2D eigenvalue weighted by molar-refractivity contribution is 0.463. The second-order valence-electron chi connectivity index (χ2n) is 3.86. The van der Waals surface area contributed by atoms with Crippen molar-refractivity contribution in [2.24, 2.45) is 7.05 Å². The van der Waals surface area contributed by atoms with Crippen LogP contribution in [0, 0.1) is 5.82 Å². The van der Waals surface area contributed by atoms with E-state index in [0.717, 1.165) is 0 Å². The summed E-state index contributed by atoms with van der Waals surface area (Å²) in [4.78, 5) is 8.19. The van der Waals surface area contributed by atoms with E-state index in [4.69, 9.17) is 4.74 Å². The summed E-state index contributed by atoms with van der Waals surface area (Å²) in [6.07, 6.45) is 3.03. The van der Waals surface area contributed by atoms with Gasteiger partial charge in [0.15, 0.2) is 5.65 Å². The number of nitrogens with zero attached hydrogens (tertiary/aromatic N) is 4. The molecule has 5 nitrogen and oxygen atoms in total. The summed E-state index contributed by atoms with van der Waals surface area (Å²) < 4.78 is 20.8. The highest BCUT2D eigenvalue weighted by Crippen LogP contribution is 2.31. The molecule has 3 rings (SSSR count). The van der Waals surface area contributed by atoms with Crippen molar-refractivity contribution in [3.05, 3.63) is 41.0 Å². The summed E-state index contributed by atoms with van der Waals surface area (Å²) >= 11 is 3.24. The number of aromatic nitrogens is 4. The normalized spacial score (nSPS) is 10.9. The van der Waals surface area contributed by atoms with E-state index >= 15 is 0 Å². The predicted octanol–water partition coefficient (Wildman–Crippen LogP) is 3.06. The zero-order valence-corrected chi connectivity index (χ0v) is 11.4. The first-order chi connectivity index (χ1) is 9.15. The molecule has 0 saturated heterocycles. The van der Waals surface area contributed by atoms with Gasteiger partial charge in [0.25, 0.3) is 0 Å². The van der Waals surface area contributed by atoms with Crippen LogP contribution in [-0.4, -0.2) is 19.7 Å². The summed E-state index contributed by atoms with van der Waals surface area (Å²) in [5.74, 6) is 0.518. The van der Waals surface area contributed by atoms with Crippen LogP contribution < -0.4 is 4.74 Å². The summed E-state index contributed by atoms with van der Waals surface area (Å²) in [5.41, 5.74) is 0.670. The molecule has 0 amide bonds. The Balaban J connectivity index is 2.06. The summed E-state index contributed by atoms with van der Waals surface area (Å²) in [5, 5.41) is 4.79. The molecule has 0 bridgehead atoms. The number of halogens is 2. The van der Waals surface area contributed by atoms with Gasteiger partial charge in [-0.25, -0.2) is 14.4 Å². The summed E-state index contributed by atoms with van der Waals surface area (Å²) in [6, 6.07) is 4.18. The summed E-state index contributed by atoms with van der Waals surface area (Å²) in [6.45, 7) is 0. The Morgan fingerprint density at radius 2 is 2.16 bits per heavy atom. The molecule has 96 valence electrons. The number of fused-ring (bicyclic) bond motifs is 1. The van der Waals surface area contributed by atoms with Crippen LogP contribution in [0.2, 0.25) is 0 Å². The first-order valence-corrected chi connectivity index (χ1v) is 6.20. The Hall–Kier alpha value is -2.02. The highest BCUT2D eigenvalue weighted by Gasteiger charge is 2.11. The van der Waals surface area contributed by atoms with Crippen LogP contribution in [0.3, 0.4) is 0 Å². The third-order valence-corrected chi connectivity index (χ3v) is 3.21. The molecule has 0 N–H and O–H groups in total. The van der Waals surface area contributed by atoms with Crippen LogP contribution >= 0.6 is 15.9 Å². The van der Waals surface area contributed by atoms with E-state index < -0.39 is 0 Å². The SMILES string of the molecule is Cn1ncc2c(Oc3ccc(F)cc3Br)ncnc21. The Bertz CT molecular complexity index is 759. The quantitative estimate of drug-likeness (QED) is 0.727. The molecular formula is C12H8BrFN4O. The van der Waals surface area contributed by atoms with Crippen molar-refractivity contribution in [1.29, 1.82) is 0 Å². The molecule has 19 heavy (non-hydrogen) atoms. The Morgan fingerprint density at radius 1 is 1.32 bits per heavy atom. The molecule has 2 heterocycles. The van der Waals surface area contributed by atoms with Gasteiger partial charge in [0.2, 0.25) is 5.88 Å². The number of aryl methyl sites for hydroxylation is 1. The van der Waals surface area contributed by atoms with Crippen LogP contribution in [0.1, 0.15) is 0 Å². The molecule has 0 spiro atoms. The van der Waals surface area contributed by atoms with Gasteiger partial charge in [-0.3, -0.25) is 4.68 Å². The van der Waals surface area contributed by atoms with Gasteiger partial charge < -0.3 is 4.74 Å². The van der Waals surface area contributed by atoms with Crippen molar-refractivity contribution in [1.82, 2.24) is 19.7 Å². The van der Waals surface area contributed by atoms with Crippen LogP contribution in [0.15, 0.2) is 35.2 Å².